The number of aromatic nitrogens is 3. The van der Waals surface area contributed by atoms with Crippen LogP contribution in [0.1, 0.15) is 0 Å². The first-order valence-corrected chi connectivity index (χ1v) is 9.59. The lowest BCUT2D eigenvalue weighted by Crippen LogP contribution is -2.45. The van der Waals surface area contributed by atoms with E-state index in [2.05, 4.69) is 39.8 Å². The summed E-state index contributed by atoms with van der Waals surface area (Å²) in [5, 5.41) is 6.03. The van der Waals surface area contributed by atoms with Crippen molar-refractivity contribution in [3.05, 3.63) is 73.1 Å². The number of fused-ring (bicyclic) bond motifs is 1. The molecule has 3 heterocycles. The van der Waals surface area contributed by atoms with E-state index in [-0.39, 0.29) is 0 Å². The zero-order valence-electron chi connectivity index (χ0n) is 15.8. The maximum Gasteiger partial charge on any atom is 0.127 e. The second kappa shape index (κ2) is 7.09. The quantitative estimate of drug-likeness (QED) is 0.520. The van der Waals surface area contributed by atoms with Crippen LogP contribution in [0.25, 0.3) is 22.2 Å². The molecule has 0 radical (unpaired) electrons. The van der Waals surface area contributed by atoms with Crippen LogP contribution in [0.4, 0.5) is 0 Å². The Hall–Kier alpha value is -3.18. The molecule has 5 rings (SSSR count). The van der Waals surface area contributed by atoms with Crippen molar-refractivity contribution in [2.24, 2.45) is 5.92 Å². The first kappa shape index (κ1) is 17.0. The van der Waals surface area contributed by atoms with Crippen LogP contribution in [0, 0.1) is 5.92 Å². The second-order valence-corrected chi connectivity index (χ2v) is 7.45. The third-order valence-corrected chi connectivity index (χ3v) is 5.23. The van der Waals surface area contributed by atoms with Crippen molar-refractivity contribution in [1.29, 1.82) is 0 Å². The zero-order valence-corrected chi connectivity index (χ0v) is 15.8. The number of benzene rings is 2. The van der Waals surface area contributed by atoms with Crippen LogP contribution < -0.4 is 4.74 Å². The molecule has 0 amide bonds. The lowest BCUT2D eigenvalue weighted by Gasteiger charge is -2.36. The Bertz CT molecular complexity index is 1080. The Balaban J connectivity index is 1.44. The third-order valence-electron chi connectivity index (χ3n) is 5.23. The fourth-order valence-electron chi connectivity index (χ4n) is 3.87. The van der Waals surface area contributed by atoms with Gasteiger partial charge < -0.3 is 9.64 Å². The van der Waals surface area contributed by atoms with Gasteiger partial charge in [-0.25, -0.2) is 0 Å². The average Bonchev–Trinajstić information content (AvgIpc) is 3.07. The number of likely N-dealkylation sites (tertiary alicyclic amines) is 1. The largest absolute Gasteiger partial charge is 0.457 e. The molecule has 2 aromatic carbocycles. The maximum absolute atomic E-state index is 5.90. The van der Waals surface area contributed by atoms with Crippen LogP contribution in [0.2, 0.25) is 0 Å². The van der Waals surface area contributed by atoms with E-state index >= 15 is 0 Å². The number of hydrogen-bond acceptors (Lipinski definition) is 4. The average molecular weight is 370 g/mol. The van der Waals surface area contributed by atoms with Gasteiger partial charge in [0.15, 0.2) is 0 Å². The molecule has 0 bridgehead atoms. The predicted octanol–water partition coefficient (Wildman–Crippen LogP) is 4.45. The normalized spacial score (nSPS) is 14.9. The molecule has 1 aliphatic rings. The van der Waals surface area contributed by atoms with Gasteiger partial charge in [0.1, 0.15) is 17.2 Å². The summed E-state index contributed by atoms with van der Waals surface area (Å²) in [6, 6.07) is 20.0. The van der Waals surface area contributed by atoms with Crippen LogP contribution >= 0.6 is 0 Å². The Labute approximate surface area is 164 Å². The zero-order chi connectivity index (χ0) is 18.9. The minimum atomic E-state index is 0.663. The van der Waals surface area contributed by atoms with E-state index in [1.165, 1.54) is 0 Å². The summed E-state index contributed by atoms with van der Waals surface area (Å²) in [7, 11) is 2.16. The second-order valence-electron chi connectivity index (χ2n) is 7.45. The molecule has 1 saturated heterocycles. The summed E-state index contributed by atoms with van der Waals surface area (Å²) in [6.07, 6.45) is 3.75. The summed E-state index contributed by atoms with van der Waals surface area (Å²) in [5.74, 6) is 2.31. The molecular weight excluding hydrogens is 348 g/mol. The van der Waals surface area contributed by atoms with Crippen molar-refractivity contribution in [1.82, 2.24) is 19.7 Å². The van der Waals surface area contributed by atoms with E-state index < -0.39 is 0 Å². The van der Waals surface area contributed by atoms with E-state index in [4.69, 9.17) is 9.84 Å². The fraction of sp³-hybridized carbons (Fsp3) is 0.217. The summed E-state index contributed by atoms with van der Waals surface area (Å²) in [4.78, 5) is 6.66. The molecule has 2 aromatic heterocycles. The maximum atomic E-state index is 5.90. The van der Waals surface area contributed by atoms with Gasteiger partial charge in [-0.1, -0.05) is 18.2 Å². The Morgan fingerprint density at radius 2 is 1.71 bits per heavy atom. The van der Waals surface area contributed by atoms with Crippen molar-refractivity contribution in [2.45, 2.75) is 6.54 Å². The van der Waals surface area contributed by atoms with Crippen molar-refractivity contribution < 1.29 is 4.74 Å². The molecule has 28 heavy (non-hydrogen) atoms. The van der Waals surface area contributed by atoms with Gasteiger partial charge in [-0.3, -0.25) is 9.67 Å². The standard InChI is InChI=1S/C23H22N4O/c1-26-14-17(15-26)16-27-22-11-12-24-13-21(22)23(25-27)18-7-9-20(10-8-18)28-19-5-3-2-4-6-19/h2-13,17H,14-16H2,1H3. The highest BCUT2D eigenvalue weighted by atomic mass is 16.5. The molecule has 5 heteroatoms. The minimum Gasteiger partial charge on any atom is -0.457 e. The summed E-state index contributed by atoms with van der Waals surface area (Å²) in [5.41, 5.74) is 3.19. The first-order valence-electron chi connectivity index (χ1n) is 9.59. The summed E-state index contributed by atoms with van der Waals surface area (Å²) < 4.78 is 8.04. The molecule has 0 N–H and O–H groups in total. The summed E-state index contributed by atoms with van der Waals surface area (Å²) >= 11 is 0. The summed E-state index contributed by atoms with van der Waals surface area (Å²) in [6.45, 7) is 3.21. The van der Waals surface area contributed by atoms with Gasteiger partial charge in [0, 0.05) is 48.9 Å². The van der Waals surface area contributed by atoms with E-state index in [0.717, 1.165) is 53.3 Å². The van der Waals surface area contributed by atoms with Gasteiger partial charge in [0.05, 0.1) is 5.52 Å². The lowest BCUT2D eigenvalue weighted by molar-refractivity contribution is 0.117. The van der Waals surface area contributed by atoms with E-state index in [0.29, 0.717) is 5.92 Å². The topological polar surface area (TPSA) is 43.2 Å². The predicted molar refractivity (Wildman–Crippen MR) is 110 cm³/mol. The Kier molecular flexibility index (Phi) is 4.29. The molecule has 0 atom stereocenters. The first-order chi connectivity index (χ1) is 13.8. The minimum absolute atomic E-state index is 0.663. The van der Waals surface area contributed by atoms with Gasteiger partial charge in [0.25, 0.3) is 0 Å². The fourth-order valence-corrected chi connectivity index (χ4v) is 3.87. The van der Waals surface area contributed by atoms with Crippen LogP contribution in [0.3, 0.4) is 0 Å². The number of rotatable bonds is 5. The van der Waals surface area contributed by atoms with E-state index in [1.807, 2.05) is 54.9 Å². The molecule has 1 aliphatic heterocycles. The lowest BCUT2D eigenvalue weighted by atomic mass is 10.0. The van der Waals surface area contributed by atoms with Gasteiger partial charge in [-0.05, 0) is 49.5 Å². The van der Waals surface area contributed by atoms with Crippen molar-refractivity contribution in [2.75, 3.05) is 20.1 Å². The van der Waals surface area contributed by atoms with Gasteiger partial charge in [-0.15, -0.1) is 0 Å². The molecule has 1 fully saturated rings. The number of hydrogen-bond donors (Lipinski definition) is 0. The van der Waals surface area contributed by atoms with Crippen LogP contribution in [-0.4, -0.2) is 39.8 Å². The monoisotopic (exact) mass is 370 g/mol. The third kappa shape index (κ3) is 3.25. The number of nitrogens with zero attached hydrogens (tertiary/aromatic N) is 4. The number of para-hydroxylation sites is 1. The van der Waals surface area contributed by atoms with Crippen molar-refractivity contribution in [3.63, 3.8) is 0 Å². The van der Waals surface area contributed by atoms with E-state index in [9.17, 15) is 0 Å². The Morgan fingerprint density at radius 3 is 2.46 bits per heavy atom. The van der Waals surface area contributed by atoms with E-state index in [1.54, 1.807) is 0 Å². The van der Waals surface area contributed by atoms with Crippen LogP contribution in [0.15, 0.2) is 73.1 Å². The smallest absolute Gasteiger partial charge is 0.127 e. The SMILES string of the molecule is CN1CC(Cn2nc(-c3ccc(Oc4ccccc4)cc3)c3cnccc32)C1. The van der Waals surface area contributed by atoms with Crippen LogP contribution in [0.5, 0.6) is 11.5 Å². The molecule has 0 spiro atoms. The molecule has 5 nitrogen and oxygen atoms in total. The molecule has 0 aliphatic carbocycles. The van der Waals surface area contributed by atoms with Gasteiger partial charge >= 0.3 is 0 Å². The van der Waals surface area contributed by atoms with Gasteiger partial charge in [-0.2, -0.15) is 5.10 Å². The van der Waals surface area contributed by atoms with Crippen molar-refractivity contribution in [3.8, 4) is 22.8 Å². The number of pyridine rings is 1. The highest BCUT2D eigenvalue weighted by molar-refractivity contribution is 5.92. The highest BCUT2D eigenvalue weighted by Gasteiger charge is 2.25. The van der Waals surface area contributed by atoms with Crippen LogP contribution in [-0.2, 0) is 6.54 Å². The molecule has 4 aromatic rings. The molecular formula is C23H22N4O. The highest BCUT2D eigenvalue weighted by Crippen LogP contribution is 2.30. The molecule has 0 unspecified atom stereocenters. The number of ether oxygens (including phenoxy) is 1. The Morgan fingerprint density at radius 1 is 0.964 bits per heavy atom. The van der Waals surface area contributed by atoms with Crippen molar-refractivity contribution >= 4 is 10.9 Å². The molecule has 0 saturated carbocycles. The molecule has 140 valence electrons. The van der Waals surface area contributed by atoms with Gasteiger partial charge in [0.2, 0.25) is 0 Å².